The predicted molar refractivity (Wildman–Crippen MR) is 107 cm³/mol. The summed E-state index contributed by atoms with van der Waals surface area (Å²) in [4.78, 5) is 21.8. The van der Waals surface area contributed by atoms with Crippen LogP contribution in [-0.4, -0.2) is 45.2 Å². The average molecular weight is 380 g/mol. The standard InChI is InChI=1S/C22H25FN4O/c1-16(17-8-10-18(23)11-9-17)25(2)15-19-21(22(28)26-12-5-6-13-26)24-20-7-3-4-14-27(19)20/h3-4,7-11,14,16H,5-6,12-13,15H2,1-2H3/t16-/m0/s1. The van der Waals surface area contributed by atoms with Crippen molar-refractivity contribution in [3.8, 4) is 0 Å². The summed E-state index contributed by atoms with van der Waals surface area (Å²) in [6, 6.07) is 12.5. The number of imidazole rings is 1. The second-order valence-corrected chi connectivity index (χ2v) is 7.48. The van der Waals surface area contributed by atoms with Gasteiger partial charge >= 0.3 is 0 Å². The van der Waals surface area contributed by atoms with Gasteiger partial charge in [0.2, 0.25) is 0 Å². The normalized spacial score (nSPS) is 15.5. The van der Waals surface area contributed by atoms with E-state index in [9.17, 15) is 9.18 Å². The first-order valence-electron chi connectivity index (χ1n) is 9.75. The van der Waals surface area contributed by atoms with Gasteiger partial charge in [-0.25, -0.2) is 9.37 Å². The molecule has 0 bridgehead atoms. The number of fused-ring (bicyclic) bond motifs is 1. The summed E-state index contributed by atoms with van der Waals surface area (Å²) in [5.74, 6) is -0.224. The van der Waals surface area contributed by atoms with Crippen LogP contribution in [0.2, 0.25) is 0 Å². The third-order valence-electron chi connectivity index (χ3n) is 5.64. The molecule has 1 amide bonds. The van der Waals surface area contributed by atoms with Crippen molar-refractivity contribution in [1.29, 1.82) is 0 Å². The Morgan fingerprint density at radius 1 is 1.18 bits per heavy atom. The molecule has 1 aromatic carbocycles. The number of hydrogen-bond donors (Lipinski definition) is 0. The highest BCUT2D eigenvalue weighted by molar-refractivity contribution is 5.94. The van der Waals surface area contributed by atoms with Gasteiger partial charge in [0.1, 0.15) is 11.5 Å². The molecule has 146 valence electrons. The number of nitrogens with zero attached hydrogens (tertiary/aromatic N) is 4. The van der Waals surface area contributed by atoms with Crippen LogP contribution in [0.5, 0.6) is 0 Å². The van der Waals surface area contributed by atoms with Crippen molar-refractivity contribution in [3.63, 3.8) is 0 Å². The van der Waals surface area contributed by atoms with Crippen LogP contribution in [-0.2, 0) is 6.54 Å². The third kappa shape index (κ3) is 3.52. The van der Waals surface area contributed by atoms with E-state index in [0.717, 1.165) is 42.8 Å². The minimum Gasteiger partial charge on any atom is -0.337 e. The van der Waals surface area contributed by atoms with E-state index in [1.54, 1.807) is 12.1 Å². The molecule has 3 heterocycles. The molecule has 1 aliphatic heterocycles. The van der Waals surface area contributed by atoms with Crippen LogP contribution in [0.4, 0.5) is 4.39 Å². The number of carbonyl (C=O) groups excluding carboxylic acids is 1. The summed E-state index contributed by atoms with van der Waals surface area (Å²) < 4.78 is 15.3. The Labute approximate surface area is 164 Å². The molecule has 4 rings (SSSR count). The molecule has 0 radical (unpaired) electrons. The first kappa shape index (κ1) is 18.6. The predicted octanol–water partition coefficient (Wildman–Crippen LogP) is 3.90. The van der Waals surface area contributed by atoms with Crippen molar-refractivity contribution in [3.05, 3.63) is 71.4 Å². The zero-order chi connectivity index (χ0) is 19.7. The second-order valence-electron chi connectivity index (χ2n) is 7.48. The number of benzene rings is 1. The minimum atomic E-state index is -0.237. The molecule has 2 aromatic heterocycles. The van der Waals surface area contributed by atoms with Gasteiger partial charge in [-0.15, -0.1) is 0 Å². The summed E-state index contributed by atoms with van der Waals surface area (Å²) in [5.41, 5.74) is 3.24. The zero-order valence-corrected chi connectivity index (χ0v) is 16.3. The van der Waals surface area contributed by atoms with E-state index >= 15 is 0 Å². The van der Waals surface area contributed by atoms with Gasteiger partial charge in [-0.3, -0.25) is 9.69 Å². The quantitative estimate of drug-likeness (QED) is 0.674. The third-order valence-corrected chi connectivity index (χ3v) is 5.64. The van der Waals surface area contributed by atoms with Crippen LogP contribution in [0.25, 0.3) is 5.65 Å². The molecular formula is C22H25FN4O. The minimum absolute atomic E-state index is 0.0130. The van der Waals surface area contributed by atoms with Gasteiger partial charge in [-0.05, 0) is 56.6 Å². The number of rotatable bonds is 5. The molecule has 0 saturated carbocycles. The maximum absolute atomic E-state index is 13.3. The van der Waals surface area contributed by atoms with E-state index in [0.29, 0.717) is 12.2 Å². The molecule has 6 heteroatoms. The first-order valence-corrected chi connectivity index (χ1v) is 9.75. The fourth-order valence-corrected chi connectivity index (χ4v) is 3.81. The van der Waals surface area contributed by atoms with E-state index in [4.69, 9.17) is 0 Å². The summed E-state index contributed by atoms with van der Waals surface area (Å²) in [5, 5.41) is 0. The number of aromatic nitrogens is 2. The monoisotopic (exact) mass is 380 g/mol. The molecule has 3 aromatic rings. The number of pyridine rings is 1. The number of hydrogen-bond acceptors (Lipinski definition) is 3. The van der Waals surface area contributed by atoms with Gasteiger partial charge in [-0.1, -0.05) is 18.2 Å². The van der Waals surface area contributed by atoms with E-state index in [1.807, 2.05) is 40.7 Å². The molecule has 1 fully saturated rings. The molecule has 0 N–H and O–H groups in total. The highest BCUT2D eigenvalue weighted by Crippen LogP contribution is 2.24. The van der Waals surface area contributed by atoms with Crippen molar-refractivity contribution in [2.24, 2.45) is 0 Å². The van der Waals surface area contributed by atoms with Crippen molar-refractivity contribution < 1.29 is 9.18 Å². The summed E-state index contributed by atoms with van der Waals surface area (Å²) in [7, 11) is 2.01. The number of amides is 1. The lowest BCUT2D eigenvalue weighted by molar-refractivity contribution is 0.0785. The highest BCUT2D eigenvalue weighted by Gasteiger charge is 2.27. The number of halogens is 1. The lowest BCUT2D eigenvalue weighted by Crippen LogP contribution is -2.30. The van der Waals surface area contributed by atoms with Crippen molar-refractivity contribution >= 4 is 11.6 Å². The number of carbonyl (C=O) groups is 1. The van der Waals surface area contributed by atoms with Gasteiger partial charge in [0, 0.05) is 31.9 Å². The van der Waals surface area contributed by atoms with Crippen LogP contribution >= 0.6 is 0 Å². The van der Waals surface area contributed by atoms with Crippen LogP contribution in [0, 0.1) is 5.82 Å². The largest absolute Gasteiger partial charge is 0.337 e. The maximum Gasteiger partial charge on any atom is 0.274 e. The van der Waals surface area contributed by atoms with Crippen LogP contribution in [0.3, 0.4) is 0 Å². The van der Waals surface area contributed by atoms with Gasteiger partial charge in [-0.2, -0.15) is 0 Å². The lowest BCUT2D eigenvalue weighted by Gasteiger charge is -2.25. The summed E-state index contributed by atoms with van der Waals surface area (Å²) in [6.07, 6.45) is 4.06. The maximum atomic E-state index is 13.3. The molecular weight excluding hydrogens is 355 g/mol. The Bertz CT molecular complexity index is 976. The van der Waals surface area contributed by atoms with Gasteiger partial charge in [0.05, 0.1) is 5.69 Å². The van der Waals surface area contributed by atoms with E-state index in [1.165, 1.54) is 12.1 Å². The summed E-state index contributed by atoms with van der Waals surface area (Å²) in [6.45, 7) is 4.25. The zero-order valence-electron chi connectivity index (χ0n) is 16.3. The van der Waals surface area contributed by atoms with Crippen molar-refractivity contribution in [2.75, 3.05) is 20.1 Å². The smallest absolute Gasteiger partial charge is 0.274 e. The van der Waals surface area contributed by atoms with Gasteiger partial charge in [0.25, 0.3) is 5.91 Å². The fourth-order valence-electron chi connectivity index (χ4n) is 3.81. The molecule has 0 unspecified atom stereocenters. The molecule has 0 aliphatic carbocycles. The number of likely N-dealkylation sites (tertiary alicyclic amines) is 1. The first-order chi connectivity index (χ1) is 13.5. The average Bonchev–Trinajstić information content (AvgIpc) is 3.36. The van der Waals surface area contributed by atoms with Gasteiger partial charge in [0.15, 0.2) is 5.69 Å². The lowest BCUT2D eigenvalue weighted by atomic mass is 10.1. The molecule has 0 spiro atoms. The molecule has 1 aliphatic rings. The molecule has 1 saturated heterocycles. The van der Waals surface area contributed by atoms with Crippen LogP contribution < -0.4 is 0 Å². The van der Waals surface area contributed by atoms with E-state index in [2.05, 4.69) is 16.8 Å². The Hall–Kier alpha value is -2.73. The topological polar surface area (TPSA) is 40.9 Å². The highest BCUT2D eigenvalue weighted by atomic mass is 19.1. The molecule has 28 heavy (non-hydrogen) atoms. The Morgan fingerprint density at radius 2 is 1.89 bits per heavy atom. The summed E-state index contributed by atoms with van der Waals surface area (Å²) >= 11 is 0. The van der Waals surface area contributed by atoms with Crippen LogP contribution in [0.1, 0.15) is 47.6 Å². The van der Waals surface area contributed by atoms with Crippen LogP contribution in [0.15, 0.2) is 48.7 Å². The fraction of sp³-hybridized carbons (Fsp3) is 0.364. The Morgan fingerprint density at radius 3 is 2.61 bits per heavy atom. The van der Waals surface area contributed by atoms with Crippen molar-refractivity contribution in [1.82, 2.24) is 19.2 Å². The Balaban J connectivity index is 1.65. The molecule has 5 nitrogen and oxygen atoms in total. The Kier molecular flexibility index (Phi) is 5.13. The van der Waals surface area contributed by atoms with E-state index in [-0.39, 0.29) is 17.8 Å². The SMILES string of the molecule is C[C@@H](c1ccc(F)cc1)N(C)Cc1c(C(=O)N2CCCC2)nc2ccccn12. The van der Waals surface area contributed by atoms with E-state index < -0.39 is 0 Å². The van der Waals surface area contributed by atoms with Crippen molar-refractivity contribution in [2.45, 2.75) is 32.4 Å². The van der Waals surface area contributed by atoms with Gasteiger partial charge < -0.3 is 9.30 Å². The molecule has 1 atom stereocenters. The second kappa shape index (κ2) is 7.72.